The number of primary amides is 1. The van der Waals surface area contributed by atoms with Gasteiger partial charge in [-0.1, -0.05) is 18.2 Å². The number of hydrogen-bond donors (Lipinski definition) is 2. The summed E-state index contributed by atoms with van der Waals surface area (Å²) in [6, 6.07) is 7.74. The molecule has 0 spiro atoms. The lowest BCUT2D eigenvalue weighted by atomic mass is 10.0. The van der Waals surface area contributed by atoms with Crippen LogP contribution in [0, 0.1) is 13.8 Å². The van der Waals surface area contributed by atoms with E-state index in [1.165, 1.54) is 0 Å². The monoisotopic (exact) mass is 268 g/mol. The number of carbonyl (C=O) groups is 1. The van der Waals surface area contributed by atoms with Crippen LogP contribution in [0.1, 0.15) is 21.9 Å². The molecule has 5 heteroatoms. The normalized spacial score (nSPS) is 11.2. The number of nitrogens with one attached hydrogen (secondary N) is 1. The fourth-order valence-electron chi connectivity index (χ4n) is 2.66. The molecule has 1 aromatic carbocycles. The molecule has 3 rings (SSSR count). The molecule has 0 bridgehead atoms. The molecule has 102 valence electrons. The maximum atomic E-state index is 11.3. The number of H-pyrrole nitrogens is 1. The maximum Gasteiger partial charge on any atom is 0.265 e. The predicted octanol–water partition coefficient (Wildman–Crippen LogP) is 2.28. The number of hydrogen-bond acceptors (Lipinski definition) is 2. The summed E-state index contributed by atoms with van der Waals surface area (Å²) in [5.74, 6) is -0.452. The number of aromatic amines is 1. The van der Waals surface area contributed by atoms with Gasteiger partial charge >= 0.3 is 0 Å². The number of aryl methyl sites for hydroxylation is 2. The molecule has 0 saturated heterocycles. The fraction of sp³-hybridized carbons (Fsp3) is 0.200. The molecule has 3 aromatic rings. The number of aromatic nitrogens is 3. The van der Waals surface area contributed by atoms with E-state index in [1.54, 1.807) is 6.07 Å². The predicted molar refractivity (Wildman–Crippen MR) is 78.5 cm³/mol. The first-order valence-electron chi connectivity index (χ1n) is 6.41. The quantitative estimate of drug-likeness (QED) is 0.748. The Kier molecular flexibility index (Phi) is 2.64. The first-order valence-corrected chi connectivity index (χ1v) is 6.41. The third-order valence-corrected chi connectivity index (χ3v) is 3.70. The van der Waals surface area contributed by atoms with E-state index in [4.69, 9.17) is 5.73 Å². The van der Waals surface area contributed by atoms with Crippen molar-refractivity contribution in [2.75, 3.05) is 0 Å². The van der Waals surface area contributed by atoms with E-state index in [0.717, 1.165) is 33.4 Å². The van der Waals surface area contributed by atoms with Gasteiger partial charge < -0.3 is 10.7 Å². The van der Waals surface area contributed by atoms with Crippen molar-refractivity contribution in [2.45, 2.75) is 13.8 Å². The van der Waals surface area contributed by atoms with Gasteiger partial charge in [0.2, 0.25) is 0 Å². The van der Waals surface area contributed by atoms with Gasteiger partial charge in [0, 0.05) is 29.3 Å². The first kappa shape index (κ1) is 12.5. The second-order valence-electron chi connectivity index (χ2n) is 4.99. The molecule has 5 nitrogen and oxygen atoms in total. The number of rotatable bonds is 2. The summed E-state index contributed by atoms with van der Waals surface area (Å²) in [6.07, 6.45) is 0. The highest BCUT2D eigenvalue weighted by Gasteiger charge is 2.16. The molecular formula is C15H16N4O. The van der Waals surface area contributed by atoms with Gasteiger partial charge in [-0.05, 0) is 19.9 Å². The lowest BCUT2D eigenvalue weighted by Gasteiger charge is -2.04. The minimum Gasteiger partial charge on any atom is -0.364 e. The molecule has 3 N–H and O–H groups in total. The van der Waals surface area contributed by atoms with Crippen molar-refractivity contribution in [1.29, 1.82) is 0 Å². The van der Waals surface area contributed by atoms with E-state index in [2.05, 4.69) is 10.1 Å². The molecule has 0 aliphatic rings. The highest BCUT2D eigenvalue weighted by molar-refractivity contribution is 6.02. The van der Waals surface area contributed by atoms with Gasteiger partial charge in [0.25, 0.3) is 5.91 Å². The summed E-state index contributed by atoms with van der Waals surface area (Å²) in [5.41, 5.74) is 10.9. The number of carbonyl (C=O) groups excluding carboxylic acids is 1. The average molecular weight is 268 g/mol. The zero-order valence-electron chi connectivity index (χ0n) is 11.7. The highest BCUT2D eigenvalue weighted by atomic mass is 16.1. The molecule has 0 radical (unpaired) electrons. The number of benzene rings is 1. The summed E-state index contributed by atoms with van der Waals surface area (Å²) in [6.45, 7) is 4.02. The van der Waals surface area contributed by atoms with Crippen molar-refractivity contribution in [3.8, 4) is 11.1 Å². The Morgan fingerprint density at radius 3 is 2.70 bits per heavy atom. The Labute approximate surface area is 116 Å². The summed E-state index contributed by atoms with van der Waals surface area (Å²) < 4.78 is 1.86. The van der Waals surface area contributed by atoms with Gasteiger partial charge in [0.15, 0.2) is 0 Å². The van der Waals surface area contributed by atoms with E-state index < -0.39 is 5.91 Å². The third-order valence-electron chi connectivity index (χ3n) is 3.70. The Hall–Kier alpha value is -2.56. The molecule has 0 atom stereocenters. The number of amides is 1. The highest BCUT2D eigenvalue weighted by Crippen LogP contribution is 2.32. The van der Waals surface area contributed by atoms with Crippen molar-refractivity contribution in [3.63, 3.8) is 0 Å². The molecule has 0 saturated carbocycles. The van der Waals surface area contributed by atoms with Gasteiger partial charge in [0.05, 0.1) is 11.2 Å². The van der Waals surface area contributed by atoms with Gasteiger partial charge in [-0.2, -0.15) is 5.10 Å². The first-order chi connectivity index (χ1) is 9.49. The minimum atomic E-state index is -0.452. The molecule has 2 aromatic heterocycles. The largest absolute Gasteiger partial charge is 0.364 e. The van der Waals surface area contributed by atoms with Crippen molar-refractivity contribution in [3.05, 3.63) is 41.3 Å². The number of fused-ring (bicyclic) bond motifs is 1. The van der Waals surface area contributed by atoms with Crippen LogP contribution in [-0.4, -0.2) is 20.7 Å². The van der Waals surface area contributed by atoms with Crippen molar-refractivity contribution >= 4 is 16.8 Å². The van der Waals surface area contributed by atoms with E-state index in [-0.39, 0.29) is 0 Å². The van der Waals surface area contributed by atoms with Gasteiger partial charge in [-0.3, -0.25) is 9.48 Å². The Morgan fingerprint density at radius 2 is 2.10 bits per heavy atom. The van der Waals surface area contributed by atoms with Crippen LogP contribution in [0.3, 0.4) is 0 Å². The summed E-state index contributed by atoms with van der Waals surface area (Å²) >= 11 is 0. The molecular weight excluding hydrogens is 252 g/mol. The van der Waals surface area contributed by atoms with Crippen LogP contribution in [0.2, 0.25) is 0 Å². The van der Waals surface area contributed by atoms with Crippen LogP contribution in [0.15, 0.2) is 24.3 Å². The summed E-state index contributed by atoms with van der Waals surface area (Å²) in [4.78, 5) is 14.4. The molecule has 0 aliphatic heterocycles. The Balaban J connectivity index is 2.33. The molecule has 0 aliphatic carbocycles. The molecule has 0 fully saturated rings. The lowest BCUT2D eigenvalue weighted by Crippen LogP contribution is -2.10. The zero-order valence-corrected chi connectivity index (χ0v) is 11.7. The summed E-state index contributed by atoms with van der Waals surface area (Å²) in [7, 11) is 1.93. The fourth-order valence-corrected chi connectivity index (χ4v) is 2.66. The second-order valence-corrected chi connectivity index (χ2v) is 4.99. The van der Waals surface area contributed by atoms with Crippen LogP contribution in [0.5, 0.6) is 0 Å². The third kappa shape index (κ3) is 1.71. The molecule has 0 unspecified atom stereocenters. The van der Waals surface area contributed by atoms with Gasteiger partial charge in [-0.15, -0.1) is 0 Å². The van der Waals surface area contributed by atoms with Crippen LogP contribution in [0.4, 0.5) is 0 Å². The van der Waals surface area contributed by atoms with Crippen LogP contribution < -0.4 is 5.73 Å². The second kappa shape index (κ2) is 4.23. The van der Waals surface area contributed by atoms with E-state index in [1.807, 2.05) is 43.8 Å². The van der Waals surface area contributed by atoms with Crippen LogP contribution >= 0.6 is 0 Å². The van der Waals surface area contributed by atoms with E-state index >= 15 is 0 Å². The maximum absolute atomic E-state index is 11.3. The van der Waals surface area contributed by atoms with Crippen LogP contribution in [0.25, 0.3) is 22.0 Å². The molecule has 20 heavy (non-hydrogen) atoms. The number of nitrogens with two attached hydrogens (primary N) is 1. The summed E-state index contributed by atoms with van der Waals surface area (Å²) in [5, 5.41) is 5.42. The van der Waals surface area contributed by atoms with Crippen molar-refractivity contribution in [1.82, 2.24) is 14.8 Å². The number of para-hydroxylation sites is 1. The standard InChI is InChI=1S/C15H16N4O/c1-8-13(9(2)19(3)18-8)11-6-4-5-10-7-12(15(16)20)17-14(10)11/h4-7,17H,1-3H3,(H2,16,20). The van der Waals surface area contributed by atoms with Gasteiger partial charge in [0.1, 0.15) is 5.69 Å². The van der Waals surface area contributed by atoms with Gasteiger partial charge in [-0.25, -0.2) is 0 Å². The Morgan fingerprint density at radius 1 is 1.35 bits per heavy atom. The van der Waals surface area contributed by atoms with Crippen molar-refractivity contribution < 1.29 is 4.79 Å². The average Bonchev–Trinajstić information content (AvgIpc) is 2.92. The minimum absolute atomic E-state index is 0.423. The smallest absolute Gasteiger partial charge is 0.265 e. The Bertz CT molecular complexity index is 826. The lowest BCUT2D eigenvalue weighted by molar-refractivity contribution is 0.0996. The number of nitrogens with zero attached hydrogens (tertiary/aromatic N) is 2. The van der Waals surface area contributed by atoms with E-state index in [0.29, 0.717) is 5.69 Å². The van der Waals surface area contributed by atoms with Crippen molar-refractivity contribution in [2.24, 2.45) is 12.8 Å². The molecule has 1 amide bonds. The molecule has 2 heterocycles. The SMILES string of the molecule is Cc1nn(C)c(C)c1-c1cccc2cc(C(N)=O)[nH]c12. The van der Waals surface area contributed by atoms with Crippen LogP contribution in [-0.2, 0) is 7.05 Å². The van der Waals surface area contributed by atoms with E-state index in [9.17, 15) is 4.79 Å². The topological polar surface area (TPSA) is 76.7 Å². The zero-order chi connectivity index (χ0) is 14.4.